The highest BCUT2D eigenvalue weighted by atomic mass is 35.5. The third-order valence-corrected chi connectivity index (χ3v) is 1.58. The van der Waals surface area contributed by atoms with E-state index in [9.17, 15) is 0 Å². The molecule has 0 aliphatic rings. The molecule has 0 saturated carbocycles. The number of nitrogens with zero attached hydrogens (tertiary/aromatic N) is 1. The Kier molecular flexibility index (Phi) is 1.14. The zero-order valence-corrected chi connectivity index (χ0v) is 5.80. The van der Waals surface area contributed by atoms with Crippen LogP contribution < -0.4 is 0 Å². The second kappa shape index (κ2) is 1.99. The topological polar surface area (TPSA) is 26.0 Å². The number of hydrogen-bond acceptors (Lipinski definition) is 2. The molecule has 3 heteroatoms. The molecule has 0 aromatic carbocycles. The van der Waals surface area contributed by atoms with Crippen LogP contribution in [0, 0.1) is 0 Å². The zero-order valence-electron chi connectivity index (χ0n) is 5.04. The lowest BCUT2D eigenvalue weighted by molar-refractivity contribution is 0.615. The van der Waals surface area contributed by atoms with E-state index in [1.807, 2.05) is 6.07 Å². The van der Waals surface area contributed by atoms with E-state index in [0.717, 1.165) is 5.39 Å². The predicted octanol–water partition coefficient (Wildman–Crippen LogP) is 2.48. The van der Waals surface area contributed by atoms with Gasteiger partial charge in [0.2, 0.25) is 0 Å². The Morgan fingerprint density at radius 3 is 3.10 bits per heavy atom. The summed E-state index contributed by atoms with van der Waals surface area (Å²) in [6.45, 7) is 0. The van der Waals surface area contributed by atoms with Gasteiger partial charge in [-0.3, -0.25) is 4.98 Å². The SMILES string of the molecule is Clc1cncc2ccoc12. The fourth-order valence-corrected chi connectivity index (χ4v) is 1.07. The maximum atomic E-state index is 5.74. The molecule has 0 aliphatic carbocycles. The van der Waals surface area contributed by atoms with Crippen LogP contribution in [0.25, 0.3) is 11.0 Å². The summed E-state index contributed by atoms with van der Waals surface area (Å²) in [4.78, 5) is 3.89. The molecule has 2 aromatic rings. The van der Waals surface area contributed by atoms with Crippen molar-refractivity contribution in [2.45, 2.75) is 0 Å². The molecule has 0 radical (unpaired) electrons. The molecule has 2 aromatic heterocycles. The molecular formula is C7H4ClNO. The predicted molar refractivity (Wildman–Crippen MR) is 39.0 cm³/mol. The van der Waals surface area contributed by atoms with Crippen molar-refractivity contribution in [3.63, 3.8) is 0 Å². The van der Waals surface area contributed by atoms with Crippen molar-refractivity contribution in [3.05, 3.63) is 29.7 Å². The fourth-order valence-electron chi connectivity index (χ4n) is 0.857. The third kappa shape index (κ3) is 0.693. The van der Waals surface area contributed by atoms with Crippen molar-refractivity contribution >= 4 is 22.6 Å². The Morgan fingerprint density at radius 2 is 2.30 bits per heavy atom. The first-order chi connectivity index (χ1) is 4.88. The van der Waals surface area contributed by atoms with Gasteiger partial charge < -0.3 is 4.42 Å². The molecule has 0 saturated heterocycles. The molecule has 2 heterocycles. The Morgan fingerprint density at radius 1 is 1.40 bits per heavy atom. The highest BCUT2D eigenvalue weighted by molar-refractivity contribution is 6.34. The summed E-state index contributed by atoms with van der Waals surface area (Å²) < 4.78 is 5.08. The highest BCUT2D eigenvalue weighted by Gasteiger charge is 1.99. The molecule has 0 spiro atoms. The molecule has 0 unspecified atom stereocenters. The van der Waals surface area contributed by atoms with Crippen molar-refractivity contribution in [2.75, 3.05) is 0 Å². The summed E-state index contributed by atoms with van der Waals surface area (Å²) in [5.74, 6) is 0. The Bertz CT molecular complexity index is 355. The average Bonchev–Trinajstić information content (AvgIpc) is 2.36. The van der Waals surface area contributed by atoms with Gasteiger partial charge in [-0.15, -0.1) is 0 Å². The molecule has 2 rings (SSSR count). The second-order valence-electron chi connectivity index (χ2n) is 1.96. The van der Waals surface area contributed by atoms with Gasteiger partial charge in [-0.2, -0.15) is 0 Å². The largest absolute Gasteiger partial charge is 0.463 e. The van der Waals surface area contributed by atoms with Crippen LogP contribution in [0.15, 0.2) is 29.1 Å². The van der Waals surface area contributed by atoms with Crippen LogP contribution in [0.4, 0.5) is 0 Å². The summed E-state index contributed by atoms with van der Waals surface area (Å²) in [5.41, 5.74) is 0.705. The summed E-state index contributed by atoms with van der Waals surface area (Å²) in [6.07, 6.45) is 4.87. The minimum atomic E-state index is 0.558. The first kappa shape index (κ1) is 5.74. The lowest BCUT2D eigenvalue weighted by atomic mass is 10.3. The van der Waals surface area contributed by atoms with E-state index in [0.29, 0.717) is 10.6 Å². The molecule has 2 nitrogen and oxygen atoms in total. The highest BCUT2D eigenvalue weighted by Crippen LogP contribution is 2.21. The monoisotopic (exact) mass is 153 g/mol. The smallest absolute Gasteiger partial charge is 0.155 e. The molecule has 0 amide bonds. The fraction of sp³-hybridized carbons (Fsp3) is 0. The van der Waals surface area contributed by atoms with E-state index in [2.05, 4.69) is 4.98 Å². The van der Waals surface area contributed by atoms with Gasteiger partial charge in [0.15, 0.2) is 5.58 Å². The standard InChI is InChI=1S/C7H4ClNO/c8-6-4-9-3-5-1-2-10-7(5)6/h1-4H. The first-order valence-corrected chi connectivity index (χ1v) is 3.22. The first-order valence-electron chi connectivity index (χ1n) is 2.84. The summed E-state index contributed by atoms with van der Waals surface area (Å²) in [5, 5.41) is 1.50. The summed E-state index contributed by atoms with van der Waals surface area (Å²) in [7, 11) is 0. The zero-order chi connectivity index (χ0) is 6.97. The lowest BCUT2D eigenvalue weighted by Crippen LogP contribution is -1.69. The molecule has 0 bridgehead atoms. The third-order valence-electron chi connectivity index (χ3n) is 1.31. The van der Waals surface area contributed by atoms with Crippen LogP contribution in [-0.2, 0) is 0 Å². The normalized spacial score (nSPS) is 10.5. The summed E-state index contributed by atoms with van der Waals surface area (Å²) in [6, 6.07) is 1.83. The van der Waals surface area contributed by atoms with Crippen LogP contribution in [0.1, 0.15) is 0 Å². The van der Waals surface area contributed by atoms with E-state index >= 15 is 0 Å². The lowest BCUT2D eigenvalue weighted by Gasteiger charge is -1.87. The van der Waals surface area contributed by atoms with Crippen LogP contribution in [0.3, 0.4) is 0 Å². The number of fused-ring (bicyclic) bond motifs is 1. The maximum Gasteiger partial charge on any atom is 0.155 e. The van der Waals surface area contributed by atoms with Gasteiger partial charge in [0.25, 0.3) is 0 Å². The minimum absolute atomic E-state index is 0.558. The van der Waals surface area contributed by atoms with Crippen LogP contribution in [0.5, 0.6) is 0 Å². The molecule has 50 valence electrons. The quantitative estimate of drug-likeness (QED) is 0.581. The van der Waals surface area contributed by atoms with Crippen LogP contribution in [-0.4, -0.2) is 4.98 Å². The average molecular weight is 154 g/mol. The Hall–Kier alpha value is -1.02. The van der Waals surface area contributed by atoms with Gasteiger partial charge in [-0.1, -0.05) is 11.6 Å². The number of pyridine rings is 1. The number of hydrogen-bond donors (Lipinski definition) is 0. The van der Waals surface area contributed by atoms with E-state index in [1.165, 1.54) is 0 Å². The molecule has 0 N–H and O–H groups in total. The minimum Gasteiger partial charge on any atom is -0.463 e. The van der Waals surface area contributed by atoms with Crippen molar-refractivity contribution in [2.24, 2.45) is 0 Å². The van der Waals surface area contributed by atoms with Crippen molar-refractivity contribution < 1.29 is 4.42 Å². The molecule has 0 atom stereocenters. The number of halogens is 1. The van der Waals surface area contributed by atoms with Gasteiger partial charge in [-0.25, -0.2) is 0 Å². The van der Waals surface area contributed by atoms with Crippen molar-refractivity contribution in [1.29, 1.82) is 0 Å². The number of aromatic nitrogens is 1. The van der Waals surface area contributed by atoms with Gasteiger partial charge in [0, 0.05) is 17.8 Å². The molecule has 0 fully saturated rings. The number of rotatable bonds is 0. The molecule has 0 aliphatic heterocycles. The van der Waals surface area contributed by atoms with E-state index in [-0.39, 0.29) is 0 Å². The maximum absolute atomic E-state index is 5.74. The van der Waals surface area contributed by atoms with Crippen LogP contribution >= 0.6 is 11.6 Å². The van der Waals surface area contributed by atoms with E-state index < -0.39 is 0 Å². The van der Waals surface area contributed by atoms with E-state index in [1.54, 1.807) is 18.7 Å². The Balaban J connectivity index is 2.95. The van der Waals surface area contributed by atoms with E-state index in [4.69, 9.17) is 16.0 Å². The van der Waals surface area contributed by atoms with Gasteiger partial charge in [-0.05, 0) is 6.07 Å². The molecule has 10 heavy (non-hydrogen) atoms. The van der Waals surface area contributed by atoms with Crippen molar-refractivity contribution in [1.82, 2.24) is 4.98 Å². The van der Waals surface area contributed by atoms with Crippen LogP contribution in [0.2, 0.25) is 5.02 Å². The second-order valence-corrected chi connectivity index (χ2v) is 2.37. The number of furan rings is 1. The van der Waals surface area contributed by atoms with Gasteiger partial charge in [0.05, 0.1) is 6.26 Å². The molecular weight excluding hydrogens is 150 g/mol. The summed E-state index contributed by atoms with van der Waals surface area (Å²) >= 11 is 5.74. The Labute approximate surface area is 62.4 Å². The van der Waals surface area contributed by atoms with Gasteiger partial charge in [0.1, 0.15) is 5.02 Å². The van der Waals surface area contributed by atoms with Gasteiger partial charge >= 0.3 is 0 Å². The van der Waals surface area contributed by atoms with Crippen molar-refractivity contribution in [3.8, 4) is 0 Å².